The summed E-state index contributed by atoms with van der Waals surface area (Å²) in [6.07, 6.45) is 8.21. The van der Waals surface area contributed by atoms with Gasteiger partial charge in [0.05, 0.1) is 12.0 Å². The van der Waals surface area contributed by atoms with Crippen LogP contribution >= 0.6 is 0 Å². The van der Waals surface area contributed by atoms with Crippen molar-refractivity contribution in [2.75, 3.05) is 6.54 Å². The first-order valence-electron chi connectivity index (χ1n) is 5.49. The van der Waals surface area contributed by atoms with Gasteiger partial charge in [0.1, 0.15) is 0 Å². The third-order valence-electron chi connectivity index (χ3n) is 3.04. The number of hydrogen-bond donors (Lipinski definition) is 0. The third-order valence-corrected chi connectivity index (χ3v) is 3.04. The van der Waals surface area contributed by atoms with E-state index in [0.717, 1.165) is 44.5 Å². The highest BCUT2D eigenvalue weighted by Crippen LogP contribution is 2.18. The first kappa shape index (κ1) is 10.2. The molecule has 2 heterocycles. The average Bonchev–Trinajstić information content (AvgIpc) is 2.83. The van der Waals surface area contributed by atoms with Gasteiger partial charge in [-0.3, -0.25) is 4.79 Å². The van der Waals surface area contributed by atoms with Crippen molar-refractivity contribution in [3.8, 4) is 0 Å². The molecule has 4 heteroatoms. The molecule has 0 aliphatic carbocycles. The molecule has 0 bridgehead atoms. The molecule has 0 aromatic carbocycles. The van der Waals surface area contributed by atoms with Crippen molar-refractivity contribution in [2.24, 2.45) is 0 Å². The van der Waals surface area contributed by atoms with Crippen LogP contribution in [0, 0.1) is 6.92 Å². The van der Waals surface area contributed by atoms with E-state index in [1.165, 1.54) is 0 Å². The first-order chi connectivity index (χ1) is 7.29. The highest BCUT2D eigenvalue weighted by Gasteiger charge is 2.22. The van der Waals surface area contributed by atoms with Gasteiger partial charge >= 0.3 is 0 Å². The number of aryl methyl sites for hydroxylation is 2. The second kappa shape index (κ2) is 4.47. The lowest BCUT2D eigenvalue weighted by molar-refractivity contribution is -0.118. The number of imidazole rings is 1. The summed E-state index contributed by atoms with van der Waals surface area (Å²) in [5, 5.41) is 0. The molecule has 1 unspecified atom stereocenters. The van der Waals surface area contributed by atoms with E-state index in [-0.39, 0.29) is 0 Å². The predicted octanol–water partition coefficient (Wildman–Crippen LogP) is 1.20. The summed E-state index contributed by atoms with van der Waals surface area (Å²) in [6, 6.07) is 0.435. The summed E-state index contributed by atoms with van der Waals surface area (Å²) in [6.45, 7) is 3.87. The van der Waals surface area contributed by atoms with Crippen molar-refractivity contribution in [1.29, 1.82) is 0 Å². The van der Waals surface area contributed by atoms with Crippen molar-refractivity contribution < 1.29 is 4.79 Å². The molecular weight excluding hydrogens is 190 g/mol. The zero-order valence-electron chi connectivity index (χ0n) is 9.09. The molecule has 82 valence electrons. The van der Waals surface area contributed by atoms with Crippen LogP contribution in [0.5, 0.6) is 0 Å². The lowest BCUT2D eigenvalue weighted by Crippen LogP contribution is -2.28. The van der Waals surface area contributed by atoms with Gasteiger partial charge in [-0.1, -0.05) is 0 Å². The van der Waals surface area contributed by atoms with Crippen LogP contribution in [-0.2, 0) is 11.3 Å². The Hall–Kier alpha value is -1.32. The minimum absolute atomic E-state index is 0.435. The van der Waals surface area contributed by atoms with Gasteiger partial charge in [0.15, 0.2) is 0 Å². The highest BCUT2D eigenvalue weighted by molar-refractivity contribution is 5.48. The lowest BCUT2D eigenvalue weighted by Gasteiger charge is -2.19. The second-order valence-corrected chi connectivity index (χ2v) is 4.18. The molecule has 4 nitrogen and oxygen atoms in total. The lowest BCUT2D eigenvalue weighted by atomic mass is 10.1. The molecule has 0 saturated carbocycles. The number of hydrogen-bond acceptors (Lipinski definition) is 2. The average molecular weight is 207 g/mol. The zero-order valence-corrected chi connectivity index (χ0v) is 9.09. The first-order valence-corrected chi connectivity index (χ1v) is 5.49. The largest absolute Gasteiger partial charge is 0.342 e. The van der Waals surface area contributed by atoms with E-state index in [0.29, 0.717) is 6.04 Å². The van der Waals surface area contributed by atoms with E-state index in [2.05, 4.69) is 9.55 Å². The fourth-order valence-electron chi connectivity index (χ4n) is 2.20. The fraction of sp³-hybridized carbons (Fsp3) is 0.636. The van der Waals surface area contributed by atoms with Gasteiger partial charge in [-0.2, -0.15) is 0 Å². The number of likely N-dealkylation sites (tertiary alicyclic amines) is 1. The van der Waals surface area contributed by atoms with Gasteiger partial charge in [-0.15, -0.1) is 0 Å². The Morgan fingerprint density at radius 1 is 1.67 bits per heavy atom. The molecule has 1 saturated heterocycles. The Labute approximate surface area is 89.9 Å². The molecule has 1 aromatic rings. The minimum Gasteiger partial charge on any atom is -0.342 e. The van der Waals surface area contributed by atoms with Crippen LogP contribution in [-0.4, -0.2) is 33.4 Å². The summed E-state index contributed by atoms with van der Waals surface area (Å²) in [5.74, 6) is 0. The van der Waals surface area contributed by atoms with Crippen molar-refractivity contribution in [3.05, 3.63) is 18.2 Å². The molecule has 15 heavy (non-hydrogen) atoms. The smallest absolute Gasteiger partial charge is 0.209 e. The van der Waals surface area contributed by atoms with E-state index in [1.807, 2.05) is 24.3 Å². The number of carbonyl (C=O) groups is 1. The van der Waals surface area contributed by atoms with Crippen LogP contribution in [0.1, 0.15) is 25.0 Å². The monoisotopic (exact) mass is 207 g/mol. The molecule has 0 spiro atoms. The van der Waals surface area contributed by atoms with E-state index in [1.54, 1.807) is 0 Å². The Kier molecular flexibility index (Phi) is 3.04. The van der Waals surface area contributed by atoms with Crippen molar-refractivity contribution in [2.45, 2.75) is 38.8 Å². The molecule has 2 rings (SSSR count). The summed E-state index contributed by atoms with van der Waals surface area (Å²) in [5.41, 5.74) is 1.05. The van der Waals surface area contributed by atoms with Crippen molar-refractivity contribution in [1.82, 2.24) is 14.5 Å². The third kappa shape index (κ3) is 2.37. The van der Waals surface area contributed by atoms with E-state index < -0.39 is 0 Å². The number of nitrogens with zero attached hydrogens (tertiary/aromatic N) is 3. The zero-order chi connectivity index (χ0) is 10.7. The van der Waals surface area contributed by atoms with Gasteiger partial charge in [-0.25, -0.2) is 4.98 Å². The fourth-order valence-corrected chi connectivity index (χ4v) is 2.20. The maximum absolute atomic E-state index is 10.7. The number of aromatic nitrogens is 2. The molecular formula is C11H17N3O. The number of carbonyl (C=O) groups excluding carboxylic acids is 1. The summed E-state index contributed by atoms with van der Waals surface area (Å²) >= 11 is 0. The molecule has 1 aromatic heterocycles. The highest BCUT2D eigenvalue weighted by atomic mass is 16.1. The Morgan fingerprint density at radius 3 is 3.20 bits per heavy atom. The second-order valence-electron chi connectivity index (χ2n) is 4.18. The minimum atomic E-state index is 0.435. The number of rotatable bonds is 4. The van der Waals surface area contributed by atoms with Crippen LogP contribution in [0.25, 0.3) is 0 Å². The van der Waals surface area contributed by atoms with Crippen molar-refractivity contribution >= 4 is 6.41 Å². The van der Waals surface area contributed by atoms with Gasteiger partial charge in [0, 0.05) is 25.3 Å². The SMILES string of the molecule is Cc1cn(CCC2CCCN2C=O)cn1. The normalized spacial score (nSPS) is 20.9. The van der Waals surface area contributed by atoms with Crippen LogP contribution in [0.4, 0.5) is 0 Å². The topological polar surface area (TPSA) is 38.1 Å². The molecule has 1 fully saturated rings. The Morgan fingerprint density at radius 2 is 2.53 bits per heavy atom. The Balaban J connectivity index is 1.85. The van der Waals surface area contributed by atoms with Crippen LogP contribution < -0.4 is 0 Å². The predicted molar refractivity (Wildman–Crippen MR) is 57.4 cm³/mol. The van der Waals surface area contributed by atoms with Crippen LogP contribution in [0.3, 0.4) is 0 Å². The molecule has 0 N–H and O–H groups in total. The standard InChI is InChI=1S/C11H17N3O/c1-10-7-13(8-12-10)6-4-11-3-2-5-14(11)9-15/h7-9,11H,2-6H2,1H3. The maximum atomic E-state index is 10.7. The van der Waals surface area contributed by atoms with Gasteiger partial charge < -0.3 is 9.47 Å². The molecule has 1 atom stereocenters. The molecule has 1 aliphatic rings. The van der Waals surface area contributed by atoms with E-state index in [4.69, 9.17) is 0 Å². The van der Waals surface area contributed by atoms with E-state index >= 15 is 0 Å². The van der Waals surface area contributed by atoms with Crippen molar-refractivity contribution in [3.63, 3.8) is 0 Å². The van der Waals surface area contributed by atoms with E-state index in [9.17, 15) is 4.79 Å². The molecule has 0 radical (unpaired) electrons. The van der Waals surface area contributed by atoms with Crippen LogP contribution in [0.2, 0.25) is 0 Å². The van der Waals surface area contributed by atoms with Gasteiger partial charge in [0.25, 0.3) is 0 Å². The number of amides is 1. The summed E-state index contributed by atoms with van der Waals surface area (Å²) in [4.78, 5) is 16.8. The summed E-state index contributed by atoms with van der Waals surface area (Å²) in [7, 11) is 0. The van der Waals surface area contributed by atoms with Crippen LogP contribution in [0.15, 0.2) is 12.5 Å². The Bertz CT molecular complexity index is 334. The molecule has 1 amide bonds. The maximum Gasteiger partial charge on any atom is 0.209 e. The molecule has 1 aliphatic heterocycles. The van der Waals surface area contributed by atoms with Gasteiger partial charge in [-0.05, 0) is 26.2 Å². The quantitative estimate of drug-likeness (QED) is 0.696. The van der Waals surface area contributed by atoms with Gasteiger partial charge in [0.2, 0.25) is 6.41 Å². The summed E-state index contributed by atoms with van der Waals surface area (Å²) < 4.78 is 2.09.